The van der Waals surface area contributed by atoms with Crippen molar-refractivity contribution in [1.82, 2.24) is 0 Å². The van der Waals surface area contributed by atoms with Crippen LogP contribution in [0.15, 0.2) is 9.17 Å². The van der Waals surface area contributed by atoms with Crippen LogP contribution in [-0.4, -0.2) is 28.0 Å². The Hall–Kier alpha value is 0.358. The van der Waals surface area contributed by atoms with Crippen LogP contribution in [0.2, 0.25) is 0 Å². The SMILES string of the molecule is [C]1=CC[N]=[Sb]1. The van der Waals surface area contributed by atoms with E-state index in [0.717, 1.165) is 6.54 Å². The molecule has 25 valence electrons. The van der Waals surface area contributed by atoms with E-state index in [4.69, 9.17) is 0 Å². The van der Waals surface area contributed by atoms with Crippen LogP contribution in [-0.2, 0) is 0 Å². The molecule has 0 saturated carbocycles. The van der Waals surface area contributed by atoms with Gasteiger partial charge in [0, 0.05) is 0 Å². The fourth-order valence-corrected chi connectivity index (χ4v) is 1.37. The summed E-state index contributed by atoms with van der Waals surface area (Å²) in [5.74, 6) is 0. The molecular weight excluding hydrogens is 172 g/mol. The first-order valence-electron chi connectivity index (χ1n) is 1.44. The Kier molecular flexibility index (Phi) is 1.21. The van der Waals surface area contributed by atoms with Gasteiger partial charge in [-0.25, -0.2) is 0 Å². The molecule has 0 aliphatic carbocycles. The third-order valence-corrected chi connectivity index (χ3v) is 2.11. The topological polar surface area (TPSA) is 12.4 Å². The summed E-state index contributed by atoms with van der Waals surface area (Å²) in [4.78, 5) is 0. The Bertz CT molecular complexity index is 65.0. The molecule has 5 heavy (non-hydrogen) atoms. The van der Waals surface area contributed by atoms with Crippen LogP contribution in [0.4, 0.5) is 0 Å². The monoisotopic (exact) mass is 174 g/mol. The summed E-state index contributed by atoms with van der Waals surface area (Å²) in [7, 11) is 0. The van der Waals surface area contributed by atoms with Crippen LogP contribution < -0.4 is 0 Å². The summed E-state index contributed by atoms with van der Waals surface area (Å²) in [5.41, 5.74) is 0. The molecule has 0 fully saturated rings. The van der Waals surface area contributed by atoms with Gasteiger partial charge >= 0.3 is 41.2 Å². The van der Waals surface area contributed by atoms with E-state index >= 15 is 0 Å². The molecule has 0 spiro atoms. The summed E-state index contributed by atoms with van der Waals surface area (Å²) in [6.45, 7) is 0.956. The maximum atomic E-state index is 4.07. The Morgan fingerprint density at radius 2 is 3.00 bits per heavy atom. The van der Waals surface area contributed by atoms with Gasteiger partial charge in [0.15, 0.2) is 0 Å². The fraction of sp³-hybridized carbons (Fsp3) is 0.333. The van der Waals surface area contributed by atoms with E-state index in [1.165, 1.54) is 0 Å². The molecule has 0 unspecified atom stereocenters. The van der Waals surface area contributed by atoms with E-state index < -0.39 is 0 Å². The fourth-order valence-electron chi connectivity index (χ4n) is 0.204. The first kappa shape index (κ1) is 3.54. The van der Waals surface area contributed by atoms with Gasteiger partial charge in [0.2, 0.25) is 0 Å². The molecule has 1 heterocycles. The zero-order chi connectivity index (χ0) is 3.54. The number of rotatable bonds is 0. The van der Waals surface area contributed by atoms with Crippen molar-refractivity contribution >= 4 is 21.4 Å². The van der Waals surface area contributed by atoms with Gasteiger partial charge in [-0.05, 0) is 0 Å². The molecule has 1 rings (SSSR count). The Morgan fingerprint density at radius 1 is 2.00 bits per heavy atom. The van der Waals surface area contributed by atoms with E-state index in [-0.39, 0.29) is 21.4 Å². The normalized spacial score (nSPS) is 17.6. The van der Waals surface area contributed by atoms with E-state index in [1.807, 2.05) is 6.08 Å². The second-order valence-corrected chi connectivity index (χ2v) is 2.87. The number of nitrogens with zero attached hydrogens (tertiary/aromatic N) is 1. The quantitative estimate of drug-likeness (QED) is 0.466. The van der Waals surface area contributed by atoms with Gasteiger partial charge in [-0.2, -0.15) is 0 Å². The molecule has 1 aliphatic rings. The summed E-state index contributed by atoms with van der Waals surface area (Å²) >= 11 is -0.214. The molecule has 1 radical (unpaired) electrons. The second-order valence-electron chi connectivity index (χ2n) is 0.757. The van der Waals surface area contributed by atoms with Crippen molar-refractivity contribution in [2.75, 3.05) is 6.54 Å². The predicted molar refractivity (Wildman–Crippen MR) is 20.9 cm³/mol. The third-order valence-electron chi connectivity index (χ3n) is 0.393. The molecule has 2 heteroatoms. The van der Waals surface area contributed by atoms with Gasteiger partial charge in [0.25, 0.3) is 0 Å². The third kappa shape index (κ3) is 0.844. The molecule has 1 nitrogen and oxygen atoms in total. The number of hydrogen-bond donors (Lipinski definition) is 0. The van der Waals surface area contributed by atoms with Crippen molar-refractivity contribution in [2.24, 2.45) is 3.09 Å². The molecule has 1 aliphatic heterocycles. The minimum absolute atomic E-state index is 0.214. The molecule has 0 amide bonds. The van der Waals surface area contributed by atoms with Gasteiger partial charge in [-0.1, -0.05) is 0 Å². The van der Waals surface area contributed by atoms with E-state index in [2.05, 4.69) is 7.11 Å². The van der Waals surface area contributed by atoms with Crippen molar-refractivity contribution in [3.05, 3.63) is 10.1 Å². The van der Waals surface area contributed by atoms with Gasteiger partial charge in [0.05, 0.1) is 0 Å². The standard InChI is InChI=1S/C3H3N.Sb/c1-2-3-4;/h2H,3H2;. The van der Waals surface area contributed by atoms with Crippen molar-refractivity contribution < 1.29 is 0 Å². The minimum atomic E-state index is -0.214. The number of hydrogen-bond acceptors (Lipinski definition) is 1. The zero-order valence-corrected chi connectivity index (χ0v) is 5.23. The maximum absolute atomic E-state index is 4.07. The van der Waals surface area contributed by atoms with Crippen molar-refractivity contribution in [3.8, 4) is 0 Å². The zero-order valence-electron chi connectivity index (χ0n) is 2.68. The Labute approximate surface area is 41.5 Å². The second kappa shape index (κ2) is 1.71. The van der Waals surface area contributed by atoms with Crippen LogP contribution in [0.5, 0.6) is 0 Å². The van der Waals surface area contributed by atoms with Crippen molar-refractivity contribution in [2.45, 2.75) is 0 Å². The molecule has 0 aromatic carbocycles. The summed E-state index contributed by atoms with van der Waals surface area (Å²) in [5, 5.41) is 0. The van der Waals surface area contributed by atoms with Crippen molar-refractivity contribution in [1.29, 1.82) is 0 Å². The Balaban J connectivity index is 2.61. The van der Waals surface area contributed by atoms with Crippen LogP contribution >= 0.6 is 0 Å². The summed E-state index contributed by atoms with van der Waals surface area (Å²) in [6.07, 6.45) is 2.01. The molecular formula is C3H3NSb. The van der Waals surface area contributed by atoms with Gasteiger partial charge in [0.1, 0.15) is 0 Å². The molecule has 0 N–H and O–H groups in total. The summed E-state index contributed by atoms with van der Waals surface area (Å²) < 4.78 is 7.15. The average Bonchev–Trinajstić information content (AvgIpc) is 1.76. The Morgan fingerprint density at radius 3 is 3.20 bits per heavy atom. The average molecular weight is 175 g/mol. The van der Waals surface area contributed by atoms with E-state index in [9.17, 15) is 0 Å². The van der Waals surface area contributed by atoms with Crippen LogP contribution in [0, 0.1) is 4.02 Å². The summed E-state index contributed by atoms with van der Waals surface area (Å²) in [6, 6.07) is 0. The molecule has 0 atom stereocenters. The molecule has 0 bridgehead atoms. The molecule has 0 aromatic rings. The predicted octanol–water partition coefficient (Wildman–Crippen LogP) is 0.205. The first-order valence-corrected chi connectivity index (χ1v) is 3.85. The van der Waals surface area contributed by atoms with Gasteiger partial charge in [-0.15, -0.1) is 0 Å². The molecule has 0 aromatic heterocycles. The van der Waals surface area contributed by atoms with Crippen LogP contribution in [0.25, 0.3) is 0 Å². The molecule has 0 saturated heterocycles. The van der Waals surface area contributed by atoms with Crippen LogP contribution in [0.3, 0.4) is 0 Å². The van der Waals surface area contributed by atoms with E-state index in [0.29, 0.717) is 0 Å². The first-order chi connectivity index (χ1) is 2.50. The van der Waals surface area contributed by atoms with E-state index in [1.54, 1.807) is 0 Å². The van der Waals surface area contributed by atoms with Crippen LogP contribution in [0.1, 0.15) is 0 Å². The van der Waals surface area contributed by atoms with Gasteiger partial charge in [-0.3, -0.25) is 0 Å². The van der Waals surface area contributed by atoms with Crippen molar-refractivity contribution in [3.63, 3.8) is 0 Å². The van der Waals surface area contributed by atoms with Gasteiger partial charge < -0.3 is 0 Å².